The maximum absolute atomic E-state index is 11.5. The lowest BCUT2D eigenvalue weighted by Gasteiger charge is -2.19. The molecule has 2 atom stereocenters. The largest absolute Gasteiger partial charge is 0.480 e. The zero-order chi connectivity index (χ0) is 16.8. The fourth-order valence-corrected chi connectivity index (χ4v) is 2.24. The molecule has 0 aromatic heterocycles. The number of benzene rings is 2. The van der Waals surface area contributed by atoms with Crippen molar-refractivity contribution < 1.29 is 24.9 Å². The number of hydrogen-bond acceptors (Lipinski definition) is 4. The molecule has 2 rings (SSSR count). The van der Waals surface area contributed by atoms with Gasteiger partial charge in [0.2, 0.25) is 0 Å². The summed E-state index contributed by atoms with van der Waals surface area (Å²) >= 11 is 0. The predicted molar refractivity (Wildman–Crippen MR) is 84.2 cm³/mol. The number of hydrogen-bond donors (Lipinski definition) is 4. The molecule has 0 saturated carbocycles. The van der Waals surface area contributed by atoms with Crippen LogP contribution in [0.3, 0.4) is 0 Å². The van der Waals surface area contributed by atoms with Crippen LogP contribution >= 0.6 is 0 Å². The molecule has 0 aliphatic heterocycles. The molecule has 23 heavy (non-hydrogen) atoms. The van der Waals surface area contributed by atoms with Crippen LogP contribution in [0.4, 0.5) is 5.69 Å². The molecule has 6 heteroatoms. The smallest absolute Gasteiger partial charge is 0.337 e. The Morgan fingerprint density at radius 2 is 1.52 bits per heavy atom. The van der Waals surface area contributed by atoms with Gasteiger partial charge in [0.15, 0.2) is 6.10 Å². The Morgan fingerprint density at radius 3 is 2.13 bits per heavy atom. The molecule has 2 unspecified atom stereocenters. The number of carboxylic acid groups (broad SMARTS) is 2. The summed E-state index contributed by atoms with van der Waals surface area (Å²) < 4.78 is 0. The van der Waals surface area contributed by atoms with E-state index < -0.39 is 24.1 Å². The van der Waals surface area contributed by atoms with E-state index in [1.807, 2.05) is 30.3 Å². The first-order chi connectivity index (χ1) is 11.0. The fraction of sp³-hybridized carbons (Fsp3) is 0.176. The molecule has 0 fully saturated rings. The van der Waals surface area contributed by atoms with Gasteiger partial charge in [0.05, 0.1) is 0 Å². The molecule has 0 heterocycles. The maximum atomic E-state index is 11.5. The summed E-state index contributed by atoms with van der Waals surface area (Å²) in [5.74, 6) is -2.46. The average molecular weight is 315 g/mol. The van der Waals surface area contributed by atoms with Gasteiger partial charge < -0.3 is 20.6 Å². The second-order valence-electron chi connectivity index (χ2n) is 5.05. The van der Waals surface area contributed by atoms with Gasteiger partial charge in [0.25, 0.3) is 0 Å². The van der Waals surface area contributed by atoms with Gasteiger partial charge in [0, 0.05) is 17.7 Å². The molecule has 0 bridgehead atoms. The minimum absolute atomic E-state index is 0.124. The maximum Gasteiger partial charge on any atom is 0.337 e. The van der Waals surface area contributed by atoms with Crippen molar-refractivity contribution in [1.82, 2.24) is 0 Å². The highest BCUT2D eigenvalue weighted by Crippen LogP contribution is 2.24. The van der Waals surface area contributed by atoms with Crippen LogP contribution in [0.15, 0.2) is 54.6 Å². The topological polar surface area (TPSA) is 107 Å². The Hall–Kier alpha value is -2.86. The van der Waals surface area contributed by atoms with E-state index in [1.54, 1.807) is 18.2 Å². The average Bonchev–Trinajstić information content (AvgIpc) is 2.55. The number of rotatable bonds is 7. The van der Waals surface area contributed by atoms with E-state index in [0.717, 1.165) is 5.56 Å². The number of carboxylic acids is 2. The van der Waals surface area contributed by atoms with Crippen molar-refractivity contribution in [3.05, 3.63) is 65.7 Å². The van der Waals surface area contributed by atoms with Crippen LogP contribution in [-0.2, 0) is 16.0 Å². The first-order valence-corrected chi connectivity index (χ1v) is 7.02. The van der Waals surface area contributed by atoms with Crippen molar-refractivity contribution in [2.75, 3.05) is 5.32 Å². The molecule has 0 aliphatic carbocycles. The number of aliphatic carboxylic acids is 2. The molecule has 0 spiro atoms. The highest BCUT2D eigenvalue weighted by molar-refractivity contribution is 5.81. The van der Waals surface area contributed by atoms with Crippen LogP contribution in [0.1, 0.15) is 17.2 Å². The van der Waals surface area contributed by atoms with Crippen molar-refractivity contribution in [1.29, 1.82) is 0 Å². The lowest BCUT2D eigenvalue weighted by atomic mass is 10.0. The molecule has 0 amide bonds. The quantitative estimate of drug-likeness (QED) is 0.622. The molecule has 6 nitrogen and oxygen atoms in total. The Balaban J connectivity index is 2.24. The number of carbonyl (C=O) groups is 2. The monoisotopic (exact) mass is 315 g/mol. The third kappa shape index (κ3) is 4.31. The predicted octanol–water partition coefficient (Wildman–Crippen LogP) is 1.91. The molecule has 2 aromatic carbocycles. The van der Waals surface area contributed by atoms with Gasteiger partial charge in [-0.1, -0.05) is 48.5 Å². The van der Waals surface area contributed by atoms with E-state index in [9.17, 15) is 19.8 Å². The lowest BCUT2D eigenvalue weighted by molar-refractivity contribution is -0.146. The van der Waals surface area contributed by atoms with Gasteiger partial charge >= 0.3 is 11.9 Å². The second-order valence-corrected chi connectivity index (χ2v) is 5.05. The van der Waals surface area contributed by atoms with Crippen molar-refractivity contribution in [3.8, 4) is 0 Å². The van der Waals surface area contributed by atoms with E-state index in [1.165, 1.54) is 6.07 Å². The zero-order valence-electron chi connectivity index (χ0n) is 12.2. The molecule has 0 saturated heterocycles. The minimum atomic E-state index is -1.72. The summed E-state index contributed by atoms with van der Waals surface area (Å²) in [6.45, 7) is 0. The second kappa shape index (κ2) is 7.42. The molecule has 2 aromatic rings. The molecular formula is C17H17NO5. The third-order valence-corrected chi connectivity index (χ3v) is 3.40. The number of nitrogens with one attached hydrogen (secondary N) is 1. The van der Waals surface area contributed by atoms with E-state index in [2.05, 4.69) is 5.32 Å². The minimum Gasteiger partial charge on any atom is -0.480 e. The van der Waals surface area contributed by atoms with E-state index in [4.69, 9.17) is 5.11 Å². The van der Waals surface area contributed by atoms with Gasteiger partial charge in [-0.2, -0.15) is 0 Å². The van der Waals surface area contributed by atoms with Crippen LogP contribution in [0.5, 0.6) is 0 Å². The van der Waals surface area contributed by atoms with Crippen LogP contribution in [-0.4, -0.2) is 33.3 Å². The first kappa shape index (κ1) is 16.5. The standard InChI is InChI=1S/C17H17NO5/c19-15(17(22)23)12-8-4-5-9-13(12)18-14(16(20)21)10-11-6-2-1-3-7-11/h1-9,14-15,18-19H,10H2,(H,20,21)(H,22,23). The molecule has 120 valence electrons. The summed E-state index contributed by atoms with van der Waals surface area (Å²) in [4.78, 5) is 22.5. The van der Waals surface area contributed by atoms with Gasteiger partial charge in [-0.25, -0.2) is 9.59 Å². The molecular weight excluding hydrogens is 298 g/mol. The number of anilines is 1. The van der Waals surface area contributed by atoms with Crippen molar-refractivity contribution in [2.45, 2.75) is 18.6 Å². The Kier molecular flexibility index (Phi) is 5.32. The lowest BCUT2D eigenvalue weighted by Crippen LogP contribution is -2.32. The summed E-state index contributed by atoms with van der Waals surface area (Å²) in [5, 5.41) is 30.9. The number of aliphatic hydroxyl groups is 1. The van der Waals surface area contributed by atoms with E-state index >= 15 is 0 Å². The van der Waals surface area contributed by atoms with Gasteiger partial charge in [-0.15, -0.1) is 0 Å². The third-order valence-electron chi connectivity index (χ3n) is 3.40. The van der Waals surface area contributed by atoms with Gasteiger partial charge in [-0.3, -0.25) is 0 Å². The van der Waals surface area contributed by atoms with E-state index in [-0.39, 0.29) is 17.7 Å². The highest BCUT2D eigenvalue weighted by Gasteiger charge is 2.23. The summed E-state index contributed by atoms with van der Waals surface area (Å²) in [7, 11) is 0. The van der Waals surface area contributed by atoms with Crippen molar-refractivity contribution in [2.24, 2.45) is 0 Å². The Bertz CT molecular complexity index is 686. The van der Waals surface area contributed by atoms with Crippen LogP contribution in [0, 0.1) is 0 Å². The molecule has 0 radical (unpaired) electrons. The van der Waals surface area contributed by atoms with Crippen LogP contribution in [0.25, 0.3) is 0 Å². The number of aliphatic hydroxyl groups excluding tert-OH is 1. The zero-order valence-corrected chi connectivity index (χ0v) is 12.2. The van der Waals surface area contributed by atoms with Gasteiger partial charge in [0.1, 0.15) is 6.04 Å². The van der Waals surface area contributed by atoms with Gasteiger partial charge in [-0.05, 0) is 11.6 Å². The summed E-state index contributed by atoms with van der Waals surface area (Å²) in [5.41, 5.74) is 1.24. The van der Waals surface area contributed by atoms with Crippen molar-refractivity contribution in [3.63, 3.8) is 0 Å². The summed E-state index contributed by atoms with van der Waals surface area (Å²) in [6.07, 6.45) is -1.49. The normalized spacial score (nSPS) is 13.1. The van der Waals surface area contributed by atoms with Crippen LogP contribution in [0.2, 0.25) is 0 Å². The first-order valence-electron chi connectivity index (χ1n) is 7.02. The van der Waals surface area contributed by atoms with Crippen molar-refractivity contribution >= 4 is 17.6 Å². The Labute approximate surface area is 133 Å². The number of para-hydroxylation sites is 1. The molecule has 0 aliphatic rings. The SMILES string of the molecule is O=C(O)C(Cc1ccccc1)Nc1ccccc1C(O)C(=O)O. The molecule has 4 N–H and O–H groups in total. The van der Waals surface area contributed by atoms with E-state index in [0.29, 0.717) is 0 Å². The fourth-order valence-electron chi connectivity index (χ4n) is 2.24. The highest BCUT2D eigenvalue weighted by atomic mass is 16.4. The summed E-state index contributed by atoms with van der Waals surface area (Å²) in [6, 6.07) is 14.4. The Morgan fingerprint density at radius 1 is 0.913 bits per heavy atom. The van der Waals surface area contributed by atoms with Crippen LogP contribution < -0.4 is 5.32 Å².